The van der Waals surface area contributed by atoms with Gasteiger partial charge in [-0.05, 0) is 63.9 Å². The zero-order valence-corrected chi connectivity index (χ0v) is 22.3. The quantitative estimate of drug-likeness (QED) is 0.324. The van der Waals surface area contributed by atoms with Crippen LogP contribution in [0.15, 0.2) is 107 Å². The average molecular weight is 550 g/mol. The van der Waals surface area contributed by atoms with E-state index in [4.69, 9.17) is 0 Å². The van der Waals surface area contributed by atoms with Gasteiger partial charge in [-0.15, -0.1) is 0 Å². The number of rotatable bonds is 8. The topological polar surface area (TPSA) is 112 Å². The van der Waals surface area contributed by atoms with Crippen LogP contribution in [0, 0.1) is 0 Å². The van der Waals surface area contributed by atoms with Gasteiger partial charge in [0, 0.05) is 24.8 Å². The van der Waals surface area contributed by atoms with Gasteiger partial charge in [-0.25, -0.2) is 0 Å². The minimum Gasteiger partial charge on any atom is -0.374 e. The molecule has 0 spiro atoms. The summed E-state index contributed by atoms with van der Waals surface area (Å²) in [5, 5.41) is 1.59. The molecular formula is C29H27NO6S2. The lowest BCUT2D eigenvalue weighted by molar-refractivity contribution is 0.480. The molecule has 0 unspecified atom stereocenters. The van der Waals surface area contributed by atoms with Gasteiger partial charge in [0.15, 0.2) is 0 Å². The molecule has 4 aromatic carbocycles. The average Bonchev–Trinajstić information content (AvgIpc) is 2.88. The van der Waals surface area contributed by atoms with Crippen LogP contribution in [0.5, 0.6) is 0 Å². The van der Waals surface area contributed by atoms with Gasteiger partial charge in [-0.3, -0.25) is 9.11 Å². The summed E-state index contributed by atoms with van der Waals surface area (Å²) >= 11 is 0. The lowest BCUT2D eigenvalue weighted by atomic mass is 9.95. The second kappa shape index (κ2) is 10.9. The monoisotopic (exact) mass is 549 g/mol. The molecule has 9 heteroatoms. The van der Waals surface area contributed by atoms with E-state index in [2.05, 4.69) is 6.58 Å². The highest BCUT2D eigenvalue weighted by Crippen LogP contribution is 2.28. The zero-order chi connectivity index (χ0) is 27.5. The predicted molar refractivity (Wildman–Crippen MR) is 149 cm³/mol. The first kappa shape index (κ1) is 27.3. The Labute approximate surface area is 222 Å². The third kappa shape index (κ3) is 6.38. The van der Waals surface area contributed by atoms with Gasteiger partial charge in [-0.1, -0.05) is 73.3 Å². The number of nitrogens with zero attached hydrogens (tertiary/aromatic N) is 1. The largest absolute Gasteiger partial charge is 0.374 e. The molecular weight excluding hydrogens is 522 g/mol. The van der Waals surface area contributed by atoms with Crippen LogP contribution in [0.2, 0.25) is 0 Å². The maximum Gasteiger partial charge on any atom is 0.295 e. The summed E-state index contributed by atoms with van der Waals surface area (Å²) in [6.45, 7) is 4.50. The Kier molecular flexibility index (Phi) is 7.84. The predicted octanol–water partition coefficient (Wildman–Crippen LogP) is 3.52. The van der Waals surface area contributed by atoms with E-state index >= 15 is 0 Å². The van der Waals surface area contributed by atoms with Crippen molar-refractivity contribution in [2.24, 2.45) is 0 Å². The molecule has 0 amide bonds. The van der Waals surface area contributed by atoms with Crippen LogP contribution in [0.25, 0.3) is 12.2 Å². The van der Waals surface area contributed by atoms with Crippen molar-refractivity contribution in [3.63, 3.8) is 0 Å². The standard InChI is InChI=1S/C29H27NO6S2/c1-21-10-12-23(13-11-21)29(27-8-3-4-9-28(27)38(34,35)36)24-14-16-25(17-15-24)30(2)19-18-22-6-5-7-26(20-22)37(31,32)33/h3-17,20H,1,18-19H2,2H3,(H,31,32,33)(H,34,35,36). The molecule has 0 saturated heterocycles. The van der Waals surface area contributed by atoms with Crippen molar-refractivity contribution >= 4 is 38.1 Å². The molecule has 4 aromatic rings. The summed E-state index contributed by atoms with van der Waals surface area (Å²) in [5.41, 5.74) is 3.46. The molecule has 0 heterocycles. The zero-order valence-electron chi connectivity index (χ0n) is 20.7. The summed E-state index contributed by atoms with van der Waals surface area (Å²) in [5.74, 6) is 0. The van der Waals surface area contributed by atoms with Crippen LogP contribution < -0.4 is 15.3 Å². The third-order valence-electron chi connectivity index (χ3n) is 6.21. The maximum absolute atomic E-state index is 12.2. The van der Waals surface area contributed by atoms with Crippen molar-refractivity contribution in [3.05, 3.63) is 124 Å². The van der Waals surface area contributed by atoms with Gasteiger partial charge < -0.3 is 4.90 Å². The van der Waals surface area contributed by atoms with Crippen LogP contribution in [-0.4, -0.2) is 39.5 Å². The molecule has 196 valence electrons. The first-order chi connectivity index (χ1) is 17.9. The number of hydrogen-bond donors (Lipinski definition) is 2. The van der Waals surface area contributed by atoms with E-state index in [1.54, 1.807) is 30.3 Å². The number of anilines is 1. The lowest BCUT2D eigenvalue weighted by Gasteiger charge is -2.20. The molecule has 38 heavy (non-hydrogen) atoms. The Morgan fingerprint density at radius 2 is 1.45 bits per heavy atom. The third-order valence-corrected chi connectivity index (χ3v) is 7.97. The molecule has 0 saturated carbocycles. The van der Waals surface area contributed by atoms with Gasteiger partial charge >= 0.3 is 0 Å². The van der Waals surface area contributed by atoms with E-state index in [0.29, 0.717) is 24.1 Å². The van der Waals surface area contributed by atoms with Gasteiger partial charge in [0.25, 0.3) is 20.2 Å². The fourth-order valence-electron chi connectivity index (χ4n) is 4.22. The molecule has 0 aliphatic carbocycles. The van der Waals surface area contributed by atoms with Crippen molar-refractivity contribution in [3.8, 4) is 0 Å². The molecule has 4 rings (SSSR count). The molecule has 0 bridgehead atoms. The molecule has 0 atom stereocenters. The Morgan fingerprint density at radius 1 is 0.789 bits per heavy atom. The smallest absolute Gasteiger partial charge is 0.295 e. The van der Waals surface area contributed by atoms with Crippen LogP contribution in [0.3, 0.4) is 0 Å². The molecule has 0 aromatic heterocycles. The molecule has 0 aliphatic rings. The van der Waals surface area contributed by atoms with E-state index in [0.717, 1.165) is 27.3 Å². The minimum absolute atomic E-state index is 0.137. The minimum atomic E-state index is -4.47. The van der Waals surface area contributed by atoms with Gasteiger partial charge in [0.2, 0.25) is 0 Å². The van der Waals surface area contributed by atoms with Crippen LogP contribution >= 0.6 is 0 Å². The molecule has 0 fully saturated rings. The second-order valence-corrected chi connectivity index (χ2v) is 11.7. The first-order valence-corrected chi connectivity index (χ1v) is 14.6. The van der Waals surface area contributed by atoms with Gasteiger partial charge in [-0.2, -0.15) is 16.8 Å². The van der Waals surface area contributed by atoms with Crippen molar-refractivity contribution in [2.45, 2.75) is 16.2 Å². The number of hydrogen-bond acceptors (Lipinski definition) is 5. The fourth-order valence-corrected chi connectivity index (χ4v) is 5.47. The molecule has 7 nitrogen and oxygen atoms in total. The summed E-state index contributed by atoms with van der Waals surface area (Å²) < 4.78 is 66.3. The molecule has 0 radical (unpaired) electrons. The van der Waals surface area contributed by atoms with E-state index in [1.807, 2.05) is 60.5 Å². The SMILES string of the molecule is C=c1ccc(=C(c2ccc(N(C)CCc3cccc(S(=O)(=O)O)c3)cc2)c2ccccc2S(=O)(=O)O)cc1. The number of benzene rings is 4. The summed E-state index contributed by atoms with van der Waals surface area (Å²) in [6, 6.07) is 27.5. The second-order valence-electron chi connectivity index (χ2n) is 8.88. The fraction of sp³-hybridized carbons (Fsp3) is 0.103. The van der Waals surface area contributed by atoms with E-state index < -0.39 is 20.2 Å². The lowest BCUT2D eigenvalue weighted by Crippen LogP contribution is -2.20. The first-order valence-electron chi connectivity index (χ1n) is 11.7. The number of likely N-dealkylation sites (N-methyl/N-ethyl adjacent to an activating group) is 1. The summed E-state index contributed by atoms with van der Waals surface area (Å²) in [6.07, 6.45) is 0.554. The van der Waals surface area contributed by atoms with E-state index in [1.165, 1.54) is 18.2 Å². The van der Waals surface area contributed by atoms with Gasteiger partial charge in [0.1, 0.15) is 4.90 Å². The van der Waals surface area contributed by atoms with Crippen LogP contribution in [-0.2, 0) is 26.7 Å². The van der Waals surface area contributed by atoms with E-state index in [9.17, 15) is 25.9 Å². The van der Waals surface area contributed by atoms with Crippen molar-refractivity contribution in [1.29, 1.82) is 0 Å². The molecule has 0 aliphatic heterocycles. The van der Waals surface area contributed by atoms with Crippen molar-refractivity contribution in [1.82, 2.24) is 0 Å². The Hall–Kier alpha value is -3.76. The van der Waals surface area contributed by atoms with E-state index in [-0.39, 0.29) is 9.79 Å². The van der Waals surface area contributed by atoms with Gasteiger partial charge in [0.05, 0.1) is 4.90 Å². The summed E-state index contributed by atoms with van der Waals surface area (Å²) in [7, 11) is -6.82. The molecule has 2 N–H and O–H groups in total. The highest BCUT2D eigenvalue weighted by molar-refractivity contribution is 7.86. The van der Waals surface area contributed by atoms with Crippen molar-refractivity contribution < 1.29 is 25.9 Å². The summed E-state index contributed by atoms with van der Waals surface area (Å²) in [4.78, 5) is 1.69. The Bertz CT molecular complexity index is 1780. The highest BCUT2D eigenvalue weighted by atomic mass is 32.2. The normalized spacial score (nSPS) is 11.8. The Balaban J connectivity index is 1.67. The van der Waals surface area contributed by atoms with Crippen molar-refractivity contribution in [2.75, 3.05) is 18.5 Å². The maximum atomic E-state index is 12.2. The van der Waals surface area contributed by atoms with Crippen LogP contribution in [0.1, 0.15) is 16.7 Å². The Morgan fingerprint density at radius 3 is 2.08 bits per heavy atom. The van der Waals surface area contributed by atoms with Crippen LogP contribution in [0.4, 0.5) is 5.69 Å². The highest BCUT2D eigenvalue weighted by Gasteiger charge is 2.19.